The Hall–Kier alpha value is -1.22. The maximum absolute atomic E-state index is 12.1. The van der Waals surface area contributed by atoms with Crippen molar-refractivity contribution in [1.82, 2.24) is 4.90 Å². The molecule has 0 saturated heterocycles. The Balaban J connectivity index is 2.78. The molecule has 0 spiro atoms. The predicted octanol–water partition coefficient (Wildman–Crippen LogP) is 3.04. The van der Waals surface area contributed by atoms with E-state index in [4.69, 9.17) is 17.3 Å². The van der Waals surface area contributed by atoms with Gasteiger partial charge in [0.05, 0.1) is 16.3 Å². The Kier molecular flexibility index (Phi) is 4.82. The van der Waals surface area contributed by atoms with Crippen LogP contribution in [0.2, 0.25) is 5.02 Å². The van der Waals surface area contributed by atoms with Crippen molar-refractivity contribution in [2.24, 2.45) is 5.92 Å². The van der Waals surface area contributed by atoms with Crippen molar-refractivity contribution < 1.29 is 4.79 Å². The lowest BCUT2D eigenvalue weighted by Crippen LogP contribution is -2.29. The average Bonchev–Trinajstić information content (AvgIpc) is 2.28. The van der Waals surface area contributed by atoms with Crippen molar-refractivity contribution in [2.75, 3.05) is 19.3 Å². The smallest absolute Gasteiger partial charge is 0.255 e. The number of nitrogens with zero attached hydrogens (tertiary/aromatic N) is 1. The number of amides is 1. The normalized spacial score (nSPS) is 10.6. The molecule has 1 rings (SSSR count). The summed E-state index contributed by atoms with van der Waals surface area (Å²) in [7, 11) is 1.78. The van der Waals surface area contributed by atoms with Gasteiger partial charge in [-0.15, -0.1) is 0 Å². The van der Waals surface area contributed by atoms with Gasteiger partial charge in [0, 0.05) is 13.6 Å². The molecular formula is C13H19ClN2O. The minimum atomic E-state index is -0.0781. The number of hydrogen-bond acceptors (Lipinski definition) is 2. The second kappa shape index (κ2) is 5.92. The van der Waals surface area contributed by atoms with Gasteiger partial charge in [-0.05, 0) is 24.5 Å². The van der Waals surface area contributed by atoms with Crippen LogP contribution in [0.3, 0.4) is 0 Å². The van der Waals surface area contributed by atoms with Crippen LogP contribution in [0.25, 0.3) is 0 Å². The van der Waals surface area contributed by atoms with E-state index in [0.717, 1.165) is 13.0 Å². The second-order valence-electron chi connectivity index (χ2n) is 4.61. The summed E-state index contributed by atoms with van der Waals surface area (Å²) in [4.78, 5) is 13.8. The Bertz CT molecular complexity index is 404. The molecule has 0 aliphatic rings. The molecule has 1 aromatic rings. The van der Waals surface area contributed by atoms with E-state index in [1.54, 1.807) is 30.1 Å². The lowest BCUT2D eigenvalue weighted by molar-refractivity contribution is 0.0790. The van der Waals surface area contributed by atoms with Gasteiger partial charge in [-0.1, -0.05) is 31.5 Å². The highest BCUT2D eigenvalue weighted by Gasteiger charge is 2.15. The zero-order valence-corrected chi connectivity index (χ0v) is 11.3. The Morgan fingerprint density at radius 1 is 1.47 bits per heavy atom. The number of benzene rings is 1. The first-order chi connectivity index (χ1) is 7.93. The van der Waals surface area contributed by atoms with Gasteiger partial charge in [0.1, 0.15) is 0 Å². The van der Waals surface area contributed by atoms with Crippen molar-refractivity contribution in [3.8, 4) is 0 Å². The summed E-state index contributed by atoms with van der Waals surface area (Å²) in [5.74, 6) is 0.493. The van der Waals surface area contributed by atoms with Gasteiger partial charge in [0.25, 0.3) is 5.91 Å². The van der Waals surface area contributed by atoms with E-state index in [9.17, 15) is 4.79 Å². The first-order valence-corrected chi connectivity index (χ1v) is 6.10. The summed E-state index contributed by atoms with van der Waals surface area (Å²) >= 11 is 5.89. The van der Waals surface area contributed by atoms with Crippen molar-refractivity contribution >= 4 is 23.2 Å². The fraction of sp³-hybridized carbons (Fsp3) is 0.462. The summed E-state index contributed by atoms with van der Waals surface area (Å²) in [6.45, 7) is 4.99. The summed E-state index contributed by atoms with van der Waals surface area (Å²) in [5, 5.41) is 0.424. The van der Waals surface area contributed by atoms with Gasteiger partial charge in [-0.2, -0.15) is 0 Å². The molecule has 94 valence electrons. The first-order valence-electron chi connectivity index (χ1n) is 5.73. The highest BCUT2D eigenvalue weighted by Crippen LogP contribution is 2.23. The molecule has 4 heteroatoms. The third-order valence-corrected chi connectivity index (χ3v) is 3.00. The van der Waals surface area contributed by atoms with E-state index in [-0.39, 0.29) is 5.91 Å². The SMILES string of the molecule is CC(C)CCN(C)C(=O)c1cccc(Cl)c1N. The summed E-state index contributed by atoms with van der Waals surface area (Å²) in [5.41, 5.74) is 6.63. The van der Waals surface area contributed by atoms with E-state index >= 15 is 0 Å². The number of para-hydroxylation sites is 1. The number of carbonyl (C=O) groups is 1. The molecule has 0 bridgehead atoms. The largest absolute Gasteiger partial charge is 0.397 e. The average molecular weight is 255 g/mol. The summed E-state index contributed by atoms with van der Waals surface area (Å²) in [6, 6.07) is 5.12. The monoisotopic (exact) mass is 254 g/mol. The fourth-order valence-electron chi connectivity index (χ4n) is 1.48. The molecule has 0 unspecified atom stereocenters. The number of halogens is 1. The van der Waals surface area contributed by atoms with Gasteiger partial charge in [0.2, 0.25) is 0 Å². The molecule has 1 amide bonds. The molecule has 17 heavy (non-hydrogen) atoms. The highest BCUT2D eigenvalue weighted by atomic mass is 35.5. The minimum absolute atomic E-state index is 0.0781. The number of hydrogen-bond donors (Lipinski definition) is 1. The van der Waals surface area contributed by atoms with Gasteiger partial charge in [0.15, 0.2) is 0 Å². The van der Waals surface area contributed by atoms with Crippen LogP contribution in [0.15, 0.2) is 18.2 Å². The zero-order valence-electron chi connectivity index (χ0n) is 10.5. The van der Waals surface area contributed by atoms with Crippen LogP contribution in [0.4, 0.5) is 5.69 Å². The Morgan fingerprint density at radius 2 is 2.12 bits per heavy atom. The molecule has 3 nitrogen and oxygen atoms in total. The molecule has 1 aromatic carbocycles. The predicted molar refractivity (Wildman–Crippen MR) is 72.3 cm³/mol. The molecule has 0 aromatic heterocycles. The first kappa shape index (κ1) is 13.8. The third kappa shape index (κ3) is 3.63. The van der Waals surface area contributed by atoms with Gasteiger partial charge >= 0.3 is 0 Å². The number of nitrogens with two attached hydrogens (primary N) is 1. The molecule has 0 atom stereocenters. The Morgan fingerprint density at radius 3 is 2.71 bits per heavy atom. The van der Waals surface area contributed by atoms with Crippen LogP contribution < -0.4 is 5.73 Å². The van der Waals surface area contributed by atoms with Crippen molar-refractivity contribution in [3.05, 3.63) is 28.8 Å². The van der Waals surface area contributed by atoms with Crippen molar-refractivity contribution in [1.29, 1.82) is 0 Å². The van der Waals surface area contributed by atoms with E-state index in [1.165, 1.54) is 0 Å². The number of anilines is 1. The molecule has 0 aliphatic carbocycles. The van der Waals surface area contributed by atoms with Gasteiger partial charge in [-0.3, -0.25) is 4.79 Å². The lowest BCUT2D eigenvalue weighted by atomic mass is 10.1. The van der Waals surface area contributed by atoms with Crippen LogP contribution in [-0.4, -0.2) is 24.4 Å². The van der Waals surface area contributed by atoms with Crippen LogP contribution in [0.5, 0.6) is 0 Å². The lowest BCUT2D eigenvalue weighted by Gasteiger charge is -2.19. The fourth-order valence-corrected chi connectivity index (χ4v) is 1.66. The number of rotatable bonds is 4. The Labute approximate surface area is 108 Å². The molecule has 0 radical (unpaired) electrons. The standard InChI is InChI=1S/C13H19ClN2O/c1-9(2)7-8-16(3)13(17)10-5-4-6-11(14)12(10)15/h4-6,9H,7-8,15H2,1-3H3. The van der Waals surface area contributed by atoms with Gasteiger partial charge in [-0.25, -0.2) is 0 Å². The van der Waals surface area contributed by atoms with Gasteiger partial charge < -0.3 is 10.6 Å². The molecule has 0 saturated carbocycles. The molecule has 2 N–H and O–H groups in total. The second-order valence-corrected chi connectivity index (χ2v) is 5.02. The van der Waals surface area contributed by atoms with Crippen LogP contribution in [0.1, 0.15) is 30.6 Å². The molecular weight excluding hydrogens is 236 g/mol. The maximum Gasteiger partial charge on any atom is 0.255 e. The van der Waals surface area contributed by atoms with E-state index in [2.05, 4.69) is 13.8 Å². The molecule has 0 aliphatic heterocycles. The molecule has 0 fully saturated rings. The molecule has 0 heterocycles. The minimum Gasteiger partial charge on any atom is -0.397 e. The highest BCUT2D eigenvalue weighted by molar-refractivity contribution is 6.33. The topological polar surface area (TPSA) is 46.3 Å². The van der Waals surface area contributed by atoms with E-state index in [0.29, 0.717) is 22.2 Å². The number of carbonyl (C=O) groups excluding carboxylic acids is 1. The summed E-state index contributed by atoms with van der Waals surface area (Å²) < 4.78 is 0. The third-order valence-electron chi connectivity index (χ3n) is 2.67. The van der Waals surface area contributed by atoms with E-state index in [1.807, 2.05) is 0 Å². The number of nitrogen functional groups attached to an aromatic ring is 1. The van der Waals surface area contributed by atoms with Crippen LogP contribution in [0, 0.1) is 5.92 Å². The zero-order chi connectivity index (χ0) is 13.0. The van der Waals surface area contributed by atoms with Crippen molar-refractivity contribution in [3.63, 3.8) is 0 Å². The van der Waals surface area contributed by atoms with E-state index < -0.39 is 0 Å². The quantitative estimate of drug-likeness (QED) is 0.840. The van der Waals surface area contributed by atoms with Crippen molar-refractivity contribution in [2.45, 2.75) is 20.3 Å². The van der Waals surface area contributed by atoms with Crippen LogP contribution in [-0.2, 0) is 0 Å². The maximum atomic E-state index is 12.1. The van der Waals surface area contributed by atoms with Crippen LogP contribution >= 0.6 is 11.6 Å². The summed E-state index contributed by atoms with van der Waals surface area (Å²) in [6.07, 6.45) is 0.975.